The van der Waals surface area contributed by atoms with E-state index in [0.717, 1.165) is 18.2 Å². The summed E-state index contributed by atoms with van der Waals surface area (Å²) in [6.45, 7) is 0.103. The number of carboxylic acids is 1. The van der Waals surface area contributed by atoms with Crippen molar-refractivity contribution in [3.8, 4) is 23.0 Å². The van der Waals surface area contributed by atoms with Crippen LogP contribution in [-0.4, -0.2) is 57.8 Å². The standard InChI is InChI=1S/C15H12F3NO4.C14H10F3NO4.CH4.Li.2H2O/c1-21-14(20)13-6-5-10(8-19-13)9-22-11-3-2-4-12(7-11)23-15(16,17)18;15-14(16,17)22-11-3-1-2-10(6-11)21-8-9-4-5-12(13(19)20)18-7-9;;;;/h2-8H,9H2,1H3;1-7H,8H2,(H,19,20);1H4;;2*1H2/q;;;+1;;/p-1. The van der Waals surface area contributed by atoms with Crippen LogP contribution in [-0.2, 0) is 18.0 Å². The first-order valence-corrected chi connectivity index (χ1v) is 12.4. The van der Waals surface area contributed by atoms with Crippen LogP contribution in [0.3, 0.4) is 0 Å². The third kappa shape index (κ3) is 17.1. The molecule has 0 aliphatic heterocycles. The Labute approximate surface area is 287 Å². The van der Waals surface area contributed by atoms with Crippen LogP contribution in [0, 0.1) is 0 Å². The molecule has 2 aromatic heterocycles. The maximum absolute atomic E-state index is 12.1. The number of nitrogens with zero attached hydrogens (tertiary/aromatic N) is 2. The number of hydrogen-bond acceptors (Lipinski definition) is 10. The quantitative estimate of drug-likeness (QED) is 0.146. The van der Waals surface area contributed by atoms with Crippen molar-refractivity contribution in [2.24, 2.45) is 0 Å². The number of aromatic nitrogens is 2. The summed E-state index contributed by atoms with van der Waals surface area (Å²) in [4.78, 5) is 29.5. The first kappa shape index (κ1) is 46.1. The number of esters is 1. The maximum atomic E-state index is 12.1. The molecular formula is C30H29F6LiN2O10. The normalized spacial score (nSPS) is 10.1. The van der Waals surface area contributed by atoms with Gasteiger partial charge in [-0.05, 0) is 36.4 Å². The number of alkyl halides is 6. The number of ether oxygens (including phenoxy) is 5. The van der Waals surface area contributed by atoms with Gasteiger partial charge in [-0.1, -0.05) is 31.7 Å². The number of methoxy groups -OCH3 is 1. The van der Waals surface area contributed by atoms with Gasteiger partial charge in [0.2, 0.25) is 0 Å². The molecule has 2 heterocycles. The molecule has 12 nitrogen and oxygen atoms in total. The van der Waals surface area contributed by atoms with Crippen LogP contribution in [0.4, 0.5) is 26.3 Å². The van der Waals surface area contributed by atoms with Gasteiger partial charge in [-0.25, -0.2) is 19.6 Å². The van der Waals surface area contributed by atoms with E-state index in [0.29, 0.717) is 11.1 Å². The monoisotopic (exact) mass is 698 g/mol. The Bertz CT molecular complexity index is 1580. The largest absolute Gasteiger partial charge is 1.00 e. The average molecular weight is 698 g/mol. The Kier molecular flexibility index (Phi) is 19.8. The molecule has 49 heavy (non-hydrogen) atoms. The summed E-state index contributed by atoms with van der Waals surface area (Å²) in [7, 11) is 1.25. The fraction of sp³-hybridized carbons (Fsp3) is 0.200. The molecular weight excluding hydrogens is 669 g/mol. The summed E-state index contributed by atoms with van der Waals surface area (Å²) in [5, 5.41) is 8.71. The second-order valence-electron chi connectivity index (χ2n) is 8.52. The zero-order valence-corrected chi connectivity index (χ0v) is 24.9. The van der Waals surface area contributed by atoms with Crippen LogP contribution in [0.15, 0.2) is 85.2 Å². The molecule has 19 heteroatoms. The number of carboxylic acid groups (broad SMARTS) is 1. The molecule has 0 aliphatic rings. The summed E-state index contributed by atoms with van der Waals surface area (Å²) in [5.41, 5.74) is 1.26. The number of carbonyl (C=O) groups excluding carboxylic acids is 1. The van der Waals surface area contributed by atoms with Gasteiger partial charge in [0, 0.05) is 35.7 Å². The van der Waals surface area contributed by atoms with E-state index in [1.807, 2.05) is 0 Å². The average Bonchev–Trinajstić information content (AvgIpc) is 2.98. The molecule has 0 saturated carbocycles. The predicted octanol–water partition coefficient (Wildman–Crippen LogP) is 3.24. The minimum atomic E-state index is -4.77. The van der Waals surface area contributed by atoms with E-state index in [-0.39, 0.29) is 84.8 Å². The van der Waals surface area contributed by atoms with Crippen molar-refractivity contribution in [3.05, 3.63) is 108 Å². The van der Waals surface area contributed by atoms with Crippen LogP contribution in [0.1, 0.15) is 39.5 Å². The summed E-state index contributed by atoms with van der Waals surface area (Å²) in [5.74, 6) is -2.06. The Hall–Kier alpha value is -5.02. The molecule has 0 spiro atoms. The second-order valence-corrected chi connectivity index (χ2v) is 8.52. The number of halogens is 6. The van der Waals surface area contributed by atoms with Crippen LogP contribution >= 0.6 is 0 Å². The minimum absolute atomic E-state index is 0. The smallest absolute Gasteiger partial charge is 0.870 e. The van der Waals surface area contributed by atoms with Gasteiger partial charge in [0.05, 0.1) is 7.11 Å². The van der Waals surface area contributed by atoms with Crippen molar-refractivity contribution in [1.82, 2.24) is 9.97 Å². The fourth-order valence-electron chi connectivity index (χ4n) is 3.23. The molecule has 0 aliphatic carbocycles. The van der Waals surface area contributed by atoms with E-state index in [1.54, 1.807) is 6.07 Å². The molecule has 0 saturated heterocycles. The number of pyridine rings is 2. The molecule has 4 rings (SSSR count). The Balaban J connectivity index is 0. The summed E-state index contributed by atoms with van der Waals surface area (Å²) < 4.78 is 95.6. The maximum Gasteiger partial charge on any atom is 1.00 e. The number of aromatic carboxylic acids is 1. The summed E-state index contributed by atoms with van der Waals surface area (Å²) in [6.07, 6.45) is -6.79. The van der Waals surface area contributed by atoms with E-state index < -0.39 is 24.7 Å². The van der Waals surface area contributed by atoms with Gasteiger partial charge in [-0.2, -0.15) is 0 Å². The molecule has 0 atom stereocenters. The second kappa shape index (κ2) is 21.1. The molecule has 0 amide bonds. The topological polar surface area (TPSA) is 188 Å². The molecule has 0 bridgehead atoms. The van der Waals surface area contributed by atoms with E-state index in [9.17, 15) is 35.9 Å². The molecule has 2 aromatic carbocycles. The summed E-state index contributed by atoms with van der Waals surface area (Å²) in [6, 6.07) is 16.2. The predicted molar refractivity (Wildman–Crippen MR) is 154 cm³/mol. The molecule has 0 unspecified atom stereocenters. The van der Waals surface area contributed by atoms with Crippen molar-refractivity contribution >= 4 is 11.9 Å². The molecule has 0 radical (unpaired) electrons. The third-order valence-corrected chi connectivity index (χ3v) is 5.15. The van der Waals surface area contributed by atoms with Crippen LogP contribution < -0.4 is 37.8 Å². The zero-order valence-electron chi connectivity index (χ0n) is 24.9. The van der Waals surface area contributed by atoms with Crippen molar-refractivity contribution in [2.75, 3.05) is 7.11 Å². The Morgan fingerprint density at radius 3 is 1.41 bits per heavy atom. The van der Waals surface area contributed by atoms with Crippen molar-refractivity contribution in [2.45, 2.75) is 33.4 Å². The van der Waals surface area contributed by atoms with Crippen LogP contribution in [0.2, 0.25) is 0 Å². The number of carbonyl (C=O) groups is 2. The van der Waals surface area contributed by atoms with Gasteiger partial charge in [0.25, 0.3) is 0 Å². The van der Waals surface area contributed by atoms with Crippen molar-refractivity contribution in [1.29, 1.82) is 0 Å². The number of hydrogen-bond donors (Lipinski definition) is 1. The van der Waals surface area contributed by atoms with Gasteiger partial charge in [0.1, 0.15) is 47.6 Å². The van der Waals surface area contributed by atoms with Gasteiger partial charge in [-0.3, -0.25) is 0 Å². The van der Waals surface area contributed by atoms with Crippen LogP contribution in [0.5, 0.6) is 23.0 Å². The van der Waals surface area contributed by atoms with E-state index in [2.05, 4.69) is 24.2 Å². The van der Waals surface area contributed by atoms with Gasteiger partial charge in [-0.15, -0.1) is 26.3 Å². The fourth-order valence-corrected chi connectivity index (χ4v) is 3.23. The third-order valence-electron chi connectivity index (χ3n) is 5.15. The molecule has 4 aromatic rings. The number of benzene rings is 2. The first-order chi connectivity index (χ1) is 21.2. The Morgan fingerprint density at radius 2 is 1.08 bits per heavy atom. The van der Waals surface area contributed by atoms with Gasteiger partial charge >= 0.3 is 43.5 Å². The van der Waals surface area contributed by atoms with Crippen molar-refractivity contribution < 1.29 is 94.5 Å². The van der Waals surface area contributed by atoms with Crippen molar-refractivity contribution in [3.63, 3.8) is 0 Å². The minimum Gasteiger partial charge on any atom is -0.870 e. The van der Waals surface area contributed by atoms with Crippen LogP contribution in [0.25, 0.3) is 0 Å². The zero-order chi connectivity index (χ0) is 33.0. The molecule has 4 N–H and O–H groups in total. The van der Waals surface area contributed by atoms with E-state index in [4.69, 9.17) is 14.6 Å². The molecule has 0 fully saturated rings. The first-order valence-electron chi connectivity index (χ1n) is 12.4. The summed E-state index contributed by atoms with van der Waals surface area (Å²) >= 11 is 0. The number of rotatable bonds is 10. The van der Waals surface area contributed by atoms with Gasteiger partial charge in [0.15, 0.2) is 0 Å². The van der Waals surface area contributed by atoms with E-state index >= 15 is 0 Å². The Morgan fingerprint density at radius 1 is 0.694 bits per heavy atom. The van der Waals surface area contributed by atoms with E-state index in [1.165, 1.54) is 68.0 Å². The SMILES string of the molecule is C.COC(=O)c1ccc(COc2cccc(OC(F)(F)F)c2)cn1.O.O=C(O)c1ccc(COc2cccc(OC(F)(F)F)c2)cn1.[Li+].[OH-]. The van der Waals surface area contributed by atoms with Gasteiger partial charge < -0.3 is 39.7 Å². The molecule has 262 valence electrons.